The Kier molecular flexibility index (Phi) is 2.65. The van der Waals surface area contributed by atoms with E-state index in [4.69, 9.17) is 0 Å². The summed E-state index contributed by atoms with van der Waals surface area (Å²) < 4.78 is 34.6. The van der Waals surface area contributed by atoms with Crippen molar-refractivity contribution >= 4 is 0 Å². The molecule has 1 aromatic heterocycles. The van der Waals surface area contributed by atoms with Gasteiger partial charge < -0.3 is 14.6 Å². The first-order valence-corrected chi connectivity index (χ1v) is 5.92. The van der Waals surface area contributed by atoms with Crippen molar-refractivity contribution in [3.63, 3.8) is 0 Å². The summed E-state index contributed by atoms with van der Waals surface area (Å²) in [5.74, 6) is -0.155. The fourth-order valence-electron chi connectivity index (χ4n) is 2.07. The second-order valence-corrected chi connectivity index (χ2v) is 4.64. The van der Waals surface area contributed by atoms with Gasteiger partial charge in [0.05, 0.1) is 0 Å². The second-order valence-electron chi connectivity index (χ2n) is 4.64. The molecule has 0 bridgehead atoms. The summed E-state index contributed by atoms with van der Waals surface area (Å²) in [7, 11) is 0. The number of rotatable bonds is 2. The van der Waals surface area contributed by atoms with Gasteiger partial charge in [-0.15, -0.1) is 8.78 Å². The fraction of sp³-hybridized carbons (Fsp3) is 0.214. The molecule has 0 amide bonds. The van der Waals surface area contributed by atoms with Crippen LogP contribution < -0.4 is 9.47 Å². The summed E-state index contributed by atoms with van der Waals surface area (Å²) in [5, 5.41) is 10.6. The van der Waals surface area contributed by atoms with Gasteiger partial charge in [0.2, 0.25) is 0 Å². The van der Waals surface area contributed by atoms with E-state index in [2.05, 4.69) is 14.5 Å². The molecule has 20 heavy (non-hydrogen) atoms. The molecule has 0 radical (unpaired) electrons. The van der Waals surface area contributed by atoms with Crippen LogP contribution in [0, 0.1) is 0 Å². The molecule has 0 spiro atoms. The van der Waals surface area contributed by atoms with E-state index in [1.165, 1.54) is 24.4 Å². The van der Waals surface area contributed by atoms with E-state index in [-0.39, 0.29) is 11.5 Å². The van der Waals surface area contributed by atoms with Crippen LogP contribution in [-0.2, 0) is 5.60 Å². The van der Waals surface area contributed by atoms with Gasteiger partial charge in [0, 0.05) is 18.0 Å². The zero-order valence-electron chi connectivity index (χ0n) is 10.5. The van der Waals surface area contributed by atoms with Crippen LogP contribution in [0.2, 0.25) is 0 Å². The van der Waals surface area contributed by atoms with Gasteiger partial charge in [-0.05, 0) is 30.7 Å². The molecule has 0 aliphatic carbocycles. The predicted octanol–water partition coefficient (Wildman–Crippen LogP) is 2.66. The van der Waals surface area contributed by atoms with Gasteiger partial charge in [-0.1, -0.05) is 12.1 Å². The van der Waals surface area contributed by atoms with Gasteiger partial charge >= 0.3 is 6.29 Å². The summed E-state index contributed by atoms with van der Waals surface area (Å²) in [6.07, 6.45) is -0.569. The minimum Gasteiger partial charge on any atom is -0.395 e. The van der Waals surface area contributed by atoms with E-state index in [0.29, 0.717) is 11.1 Å². The minimum atomic E-state index is -3.67. The predicted molar refractivity (Wildman–Crippen MR) is 65.6 cm³/mol. The van der Waals surface area contributed by atoms with Crippen LogP contribution in [0.4, 0.5) is 8.78 Å². The lowest BCUT2D eigenvalue weighted by atomic mass is 9.89. The van der Waals surface area contributed by atoms with Gasteiger partial charge in [0.25, 0.3) is 0 Å². The molecule has 1 N–H and O–H groups in total. The van der Waals surface area contributed by atoms with Crippen molar-refractivity contribution in [3.05, 3.63) is 53.9 Å². The van der Waals surface area contributed by atoms with Crippen LogP contribution in [0.5, 0.6) is 11.5 Å². The highest BCUT2D eigenvalue weighted by atomic mass is 19.3. The number of aliphatic hydroxyl groups is 1. The monoisotopic (exact) mass is 279 g/mol. The van der Waals surface area contributed by atoms with Crippen molar-refractivity contribution in [1.29, 1.82) is 0 Å². The largest absolute Gasteiger partial charge is 0.586 e. The van der Waals surface area contributed by atoms with Crippen molar-refractivity contribution in [2.75, 3.05) is 0 Å². The Bertz CT molecular complexity index is 644. The molecule has 1 atom stereocenters. The smallest absolute Gasteiger partial charge is 0.395 e. The number of aromatic nitrogens is 1. The lowest BCUT2D eigenvalue weighted by Gasteiger charge is -2.24. The number of benzene rings is 1. The Labute approximate surface area is 113 Å². The first-order chi connectivity index (χ1) is 9.38. The zero-order chi connectivity index (χ0) is 14.4. The number of alkyl halides is 2. The first-order valence-electron chi connectivity index (χ1n) is 5.92. The lowest BCUT2D eigenvalue weighted by molar-refractivity contribution is -0.286. The first kappa shape index (κ1) is 12.8. The SMILES string of the molecule is CC(O)(c1cccnc1)c1ccc2c(c1)OC(F)(F)O2. The molecule has 6 heteroatoms. The normalized spacial score (nSPS) is 18.6. The van der Waals surface area contributed by atoms with E-state index in [1.54, 1.807) is 25.3 Å². The average molecular weight is 279 g/mol. The molecular weight excluding hydrogens is 268 g/mol. The summed E-state index contributed by atoms with van der Waals surface area (Å²) in [6, 6.07) is 7.58. The molecule has 104 valence electrons. The number of pyridine rings is 1. The van der Waals surface area contributed by atoms with Gasteiger partial charge in [0.1, 0.15) is 5.60 Å². The van der Waals surface area contributed by atoms with Crippen LogP contribution in [0.25, 0.3) is 0 Å². The number of nitrogens with zero attached hydrogens (tertiary/aromatic N) is 1. The van der Waals surface area contributed by atoms with Crippen LogP contribution >= 0.6 is 0 Å². The molecule has 0 saturated heterocycles. The molecule has 2 heterocycles. The topological polar surface area (TPSA) is 51.6 Å². The van der Waals surface area contributed by atoms with Gasteiger partial charge in [-0.3, -0.25) is 4.98 Å². The van der Waals surface area contributed by atoms with Gasteiger partial charge in [-0.25, -0.2) is 0 Å². The highest BCUT2D eigenvalue weighted by Crippen LogP contribution is 2.43. The Balaban J connectivity index is 2.01. The number of halogens is 2. The summed E-state index contributed by atoms with van der Waals surface area (Å²) in [4.78, 5) is 3.94. The number of hydrogen-bond donors (Lipinski definition) is 1. The molecule has 1 aliphatic rings. The maximum Gasteiger partial charge on any atom is 0.586 e. The standard InChI is InChI=1S/C14H11F2NO3/c1-13(18,10-3-2-6-17-8-10)9-4-5-11-12(7-9)20-14(15,16)19-11/h2-8,18H,1H3. The summed E-state index contributed by atoms with van der Waals surface area (Å²) >= 11 is 0. The molecule has 1 aliphatic heterocycles. The van der Waals surface area contributed by atoms with Crippen molar-refractivity contribution in [1.82, 2.24) is 4.98 Å². The quantitative estimate of drug-likeness (QED) is 0.918. The van der Waals surface area contributed by atoms with Crippen molar-refractivity contribution in [3.8, 4) is 11.5 Å². The molecular formula is C14H11F2NO3. The van der Waals surface area contributed by atoms with E-state index in [1.807, 2.05) is 0 Å². The highest BCUT2D eigenvalue weighted by Gasteiger charge is 2.44. The molecule has 3 rings (SSSR count). The van der Waals surface area contributed by atoms with Crippen LogP contribution in [0.3, 0.4) is 0 Å². The molecule has 0 saturated carbocycles. The van der Waals surface area contributed by atoms with Gasteiger partial charge in [0.15, 0.2) is 11.5 Å². The molecule has 4 nitrogen and oxygen atoms in total. The van der Waals surface area contributed by atoms with Gasteiger partial charge in [-0.2, -0.15) is 0 Å². The fourth-order valence-corrected chi connectivity index (χ4v) is 2.07. The molecule has 2 aromatic rings. The highest BCUT2D eigenvalue weighted by molar-refractivity contribution is 5.48. The summed E-state index contributed by atoms with van der Waals surface area (Å²) in [6.45, 7) is 1.56. The van der Waals surface area contributed by atoms with E-state index in [0.717, 1.165) is 0 Å². The second kappa shape index (κ2) is 4.14. The third-order valence-electron chi connectivity index (χ3n) is 3.19. The van der Waals surface area contributed by atoms with Crippen molar-refractivity contribution < 1.29 is 23.4 Å². The van der Waals surface area contributed by atoms with Crippen LogP contribution in [0.15, 0.2) is 42.7 Å². The van der Waals surface area contributed by atoms with E-state index < -0.39 is 11.9 Å². The van der Waals surface area contributed by atoms with E-state index in [9.17, 15) is 13.9 Å². The van der Waals surface area contributed by atoms with Crippen LogP contribution in [0.1, 0.15) is 18.1 Å². The third kappa shape index (κ3) is 2.08. The Morgan fingerprint density at radius 2 is 1.90 bits per heavy atom. The number of hydrogen-bond acceptors (Lipinski definition) is 4. The summed E-state index contributed by atoms with van der Waals surface area (Å²) in [5.41, 5.74) is -0.416. The molecule has 0 fully saturated rings. The van der Waals surface area contributed by atoms with Crippen LogP contribution in [-0.4, -0.2) is 16.4 Å². The van der Waals surface area contributed by atoms with Crippen molar-refractivity contribution in [2.24, 2.45) is 0 Å². The van der Waals surface area contributed by atoms with E-state index >= 15 is 0 Å². The Morgan fingerprint density at radius 3 is 2.60 bits per heavy atom. The molecule has 1 unspecified atom stereocenters. The average Bonchev–Trinajstić information content (AvgIpc) is 2.72. The maximum atomic E-state index is 13.0. The Hall–Kier alpha value is -2.21. The third-order valence-corrected chi connectivity index (χ3v) is 3.19. The molecule has 1 aromatic carbocycles. The Morgan fingerprint density at radius 1 is 1.15 bits per heavy atom. The lowest BCUT2D eigenvalue weighted by Crippen LogP contribution is -2.26. The number of ether oxygens (including phenoxy) is 2. The zero-order valence-corrected chi connectivity index (χ0v) is 10.5. The van der Waals surface area contributed by atoms with Crippen molar-refractivity contribution in [2.45, 2.75) is 18.8 Å². The minimum absolute atomic E-state index is 0.0549. The number of fused-ring (bicyclic) bond motifs is 1. The maximum absolute atomic E-state index is 13.0.